The van der Waals surface area contributed by atoms with Gasteiger partial charge in [0.15, 0.2) is 0 Å². The van der Waals surface area contributed by atoms with Crippen molar-refractivity contribution < 1.29 is 14.7 Å². The molecule has 1 aliphatic carbocycles. The van der Waals surface area contributed by atoms with Gasteiger partial charge in [0.1, 0.15) is 0 Å². The van der Waals surface area contributed by atoms with Gasteiger partial charge in [-0.15, -0.1) is 0 Å². The number of urea groups is 1. The predicted molar refractivity (Wildman–Crippen MR) is 66.1 cm³/mol. The second-order valence-corrected chi connectivity index (χ2v) is 5.45. The summed E-state index contributed by atoms with van der Waals surface area (Å²) in [6.45, 7) is 1.45. The molecule has 1 saturated carbocycles. The maximum Gasteiger partial charge on any atom is 0.317 e. The number of hydrogen-bond acceptors (Lipinski definition) is 3. The summed E-state index contributed by atoms with van der Waals surface area (Å²) in [4.78, 5) is 24.9. The lowest BCUT2D eigenvalue weighted by molar-refractivity contribution is -0.148. The van der Waals surface area contributed by atoms with E-state index in [0.717, 1.165) is 19.3 Å². The summed E-state index contributed by atoms with van der Waals surface area (Å²) >= 11 is 0. The zero-order valence-electron chi connectivity index (χ0n) is 10.5. The molecule has 2 fully saturated rings. The van der Waals surface area contributed by atoms with Crippen LogP contribution in [0.15, 0.2) is 0 Å². The maximum atomic E-state index is 11.9. The van der Waals surface area contributed by atoms with Crippen LogP contribution in [0.25, 0.3) is 0 Å². The number of carboxylic acids is 1. The Kier molecular flexibility index (Phi) is 3.75. The zero-order valence-corrected chi connectivity index (χ0v) is 10.5. The molecule has 2 aliphatic rings. The average molecular weight is 255 g/mol. The molecule has 1 unspecified atom stereocenters. The summed E-state index contributed by atoms with van der Waals surface area (Å²) in [7, 11) is 0. The molecule has 0 aromatic heterocycles. The third-order valence-electron chi connectivity index (χ3n) is 4.10. The van der Waals surface area contributed by atoms with Gasteiger partial charge in [0.25, 0.3) is 0 Å². The highest BCUT2D eigenvalue weighted by molar-refractivity contribution is 5.78. The van der Waals surface area contributed by atoms with Crippen molar-refractivity contribution in [2.24, 2.45) is 11.1 Å². The van der Waals surface area contributed by atoms with Crippen LogP contribution in [-0.2, 0) is 4.79 Å². The summed E-state index contributed by atoms with van der Waals surface area (Å²) in [5.74, 6) is -0.793. The standard InChI is InChI=1S/C12H21N3O3/c13-9-3-6-15(7-9)11(18)14-8-12(10(16)17)4-1-2-5-12/h9H,1-8,13H2,(H,14,18)(H,16,17). The molecule has 0 aromatic carbocycles. The number of rotatable bonds is 3. The van der Waals surface area contributed by atoms with Gasteiger partial charge in [-0.3, -0.25) is 4.79 Å². The quantitative estimate of drug-likeness (QED) is 0.679. The molecular formula is C12H21N3O3. The van der Waals surface area contributed by atoms with Crippen molar-refractivity contribution in [2.45, 2.75) is 38.1 Å². The van der Waals surface area contributed by atoms with Crippen LogP contribution in [0.1, 0.15) is 32.1 Å². The van der Waals surface area contributed by atoms with E-state index in [1.54, 1.807) is 4.90 Å². The monoisotopic (exact) mass is 255 g/mol. The van der Waals surface area contributed by atoms with Crippen molar-refractivity contribution in [3.05, 3.63) is 0 Å². The van der Waals surface area contributed by atoms with Gasteiger partial charge in [0, 0.05) is 25.7 Å². The summed E-state index contributed by atoms with van der Waals surface area (Å²) < 4.78 is 0. The van der Waals surface area contributed by atoms with Gasteiger partial charge < -0.3 is 21.1 Å². The van der Waals surface area contributed by atoms with Crippen molar-refractivity contribution in [2.75, 3.05) is 19.6 Å². The van der Waals surface area contributed by atoms with Gasteiger partial charge in [-0.05, 0) is 19.3 Å². The van der Waals surface area contributed by atoms with Gasteiger partial charge in [0.05, 0.1) is 5.41 Å². The number of likely N-dealkylation sites (tertiary alicyclic amines) is 1. The highest BCUT2D eigenvalue weighted by Gasteiger charge is 2.41. The number of nitrogens with two attached hydrogens (primary N) is 1. The van der Waals surface area contributed by atoms with Crippen LogP contribution >= 0.6 is 0 Å². The molecule has 18 heavy (non-hydrogen) atoms. The van der Waals surface area contributed by atoms with Gasteiger partial charge in [-0.1, -0.05) is 12.8 Å². The normalized spacial score (nSPS) is 26.3. The van der Waals surface area contributed by atoms with Crippen molar-refractivity contribution in [3.8, 4) is 0 Å². The summed E-state index contributed by atoms with van der Waals surface area (Å²) in [5.41, 5.74) is 4.99. The first-order valence-corrected chi connectivity index (χ1v) is 6.55. The Balaban J connectivity index is 1.86. The van der Waals surface area contributed by atoms with E-state index >= 15 is 0 Å². The number of hydrogen-bond donors (Lipinski definition) is 3. The fourth-order valence-electron chi connectivity index (χ4n) is 2.85. The Labute approximate surface area is 107 Å². The van der Waals surface area contributed by atoms with Crippen LogP contribution in [-0.4, -0.2) is 47.7 Å². The van der Waals surface area contributed by atoms with Crippen LogP contribution in [0.4, 0.5) is 4.79 Å². The Bertz CT molecular complexity index is 339. The molecule has 0 radical (unpaired) electrons. The Morgan fingerprint density at radius 3 is 2.56 bits per heavy atom. The topological polar surface area (TPSA) is 95.7 Å². The SMILES string of the molecule is NC1CCN(C(=O)NCC2(C(=O)O)CCCC2)C1. The zero-order chi connectivity index (χ0) is 13.2. The van der Waals surface area contributed by atoms with Crippen LogP contribution < -0.4 is 11.1 Å². The number of carbonyl (C=O) groups is 2. The van der Waals surface area contributed by atoms with E-state index in [0.29, 0.717) is 25.9 Å². The first-order valence-electron chi connectivity index (χ1n) is 6.55. The number of nitrogens with one attached hydrogen (secondary N) is 1. The average Bonchev–Trinajstić information content (AvgIpc) is 2.95. The van der Waals surface area contributed by atoms with Crippen LogP contribution in [0.3, 0.4) is 0 Å². The Morgan fingerprint density at radius 2 is 2.06 bits per heavy atom. The van der Waals surface area contributed by atoms with Crippen LogP contribution in [0, 0.1) is 5.41 Å². The summed E-state index contributed by atoms with van der Waals surface area (Å²) in [6, 6.07) is -0.133. The van der Waals surface area contributed by atoms with Crippen molar-refractivity contribution in [1.82, 2.24) is 10.2 Å². The molecule has 0 aromatic rings. The van der Waals surface area contributed by atoms with E-state index in [4.69, 9.17) is 5.73 Å². The first-order chi connectivity index (χ1) is 8.53. The van der Waals surface area contributed by atoms with Crippen molar-refractivity contribution in [3.63, 3.8) is 0 Å². The second-order valence-electron chi connectivity index (χ2n) is 5.45. The minimum absolute atomic E-state index is 0.0515. The number of carboxylic acid groups (broad SMARTS) is 1. The smallest absolute Gasteiger partial charge is 0.317 e. The molecule has 1 saturated heterocycles. The minimum atomic E-state index is -0.793. The Morgan fingerprint density at radius 1 is 1.39 bits per heavy atom. The van der Waals surface area contributed by atoms with Gasteiger partial charge in [0.2, 0.25) is 0 Å². The largest absolute Gasteiger partial charge is 0.481 e. The fraction of sp³-hybridized carbons (Fsp3) is 0.833. The second kappa shape index (κ2) is 5.14. The minimum Gasteiger partial charge on any atom is -0.481 e. The number of carbonyl (C=O) groups excluding carboxylic acids is 1. The van der Waals surface area contributed by atoms with E-state index in [1.165, 1.54) is 0 Å². The molecule has 6 heteroatoms. The third-order valence-corrected chi connectivity index (χ3v) is 4.10. The lowest BCUT2D eigenvalue weighted by Crippen LogP contribution is -2.46. The lowest BCUT2D eigenvalue weighted by atomic mass is 9.86. The van der Waals surface area contributed by atoms with Crippen molar-refractivity contribution in [1.29, 1.82) is 0 Å². The van der Waals surface area contributed by atoms with Crippen molar-refractivity contribution >= 4 is 12.0 Å². The van der Waals surface area contributed by atoms with Crippen LogP contribution in [0.2, 0.25) is 0 Å². The summed E-state index contributed by atoms with van der Waals surface area (Å²) in [6.07, 6.45) is 3.98. The molecule has 4 N–H and O–H groups in total. The molecule has 1 aliphatic heterocycles. The fourth-order valence-corrected chi connectivity index (χ4v) is 2.85. The molecule has 1 heterocycles. The Hall–Kier alpha value is -1.30. The van der Waals surface area contributed by atoms with Gasteiger partial charge >= 0.3 is 12.0 Å². The predicted octanol–water partition coefficient (Wildman–Crippen LogP) is 0.374. The van der Waals surface area contributed by atoms with E-state index in [-0.39, 0.29) is 18.6 Å². The number of nitrogens with zero attached hydrogens (tertiary/aromatic N) is 1. The molecule has 6 nitrogen and oxygen atoms in total. The molecule has 0 spiro atoms. The number of amides is 2. The third kappa shape index (κ3) is 2.58. The highest BCUT2D eigenvalue weighted by atomic mass is 16.4. The van der Waals surface area contributed by atoms with E-state index in [2.05, 4.69) is 5.32 Å². The van der Waals surface area contributed by atoms with Crippen LogP contribution in [0.5, 0.6) is 0 Å². The number of aliphatic carboxylic acids is 1. The lowest BCUT2D eigenvalue weighted by Gasteiger charge is -2.26. The molecule has 102 valence electrons. The van der Waals surface area contributed by atoms with E-state index < -0.39 is 11.4 Å². The molecule has 0 bridgehead atoms. The van der Waals surface area contributed by atoms with Gasteiger partial charge in [-0.25, -0.2) is 4.79 Å². The highest BCUT2D eigenvalue weighted by Crippen LogP contribution is 2.37. The maximum absolute atomic E-state index is 11.9. The first kappa shape index (κ1) is 13.1. The summed E-state index contributed by atoms with van der Waals surface area (Å²) in [5, 5.41) is 12.1. The van der Waals surface area contributed by atoms with E-state index in [9.17, 15) is 14.7 Å². The molecular weight excluding hydrogens is 234 g/mol. The van der Waals surface area contributed by atoms with Gasteiger partial charge in [-0.2, -0.15) is 0 Å². The molecule has 2 rings (SSSR count). The molecule has 2 amide bonds. The van der Waals surface area contributed by atoms with E-state index in [1.807, 2.05) is 0 Å². The molecule has 1 atom stereocenters.